The minimum atomic E-state index is -0.202. The number of guanidine groups is 1. The summed E-state index contributed by atoms with van der Waals surface area (Å²) in [7, 11) is 0. The molecule has 1 aliphatic rings. The molecule has 1 aromatic rings. The summed E-state index contributed by atoms with van der Waals surface area (Å²) in [5, 5.41) is 6.64. The lowest BCUT2D eigenvalue weighted by Crippen LogP contribution is -2.50. The van der Waals surface area contributed by atoms with Gasteiger partial charge in [0, 0.05) is 58.5 Å². The van der Waals surface area contributed by atoms with Crippen LogP contribution in [0.4, 0.5) is 4.39 Å². The molecule has 1 amide bonds. The van der Waals surface area contributed by atoms with Crippen LogP contribution in [0.1, 0.15) is 25.0 Å². The van der Waals surface area contributed by atoms with E-state index in [1.165, 1.54) is 6.07 Å². The molecule has 164 valence electrons. The second kappa shape index (κ2) is 14.0. The molecular formula is C20H33FIN5OS. The van der Waals surface area contributed by atoms with Crippen LogP contribution in [0, 0.1) is 5.82 Å². The van der Waals surface area contributed by atoms with Crippen molar-refractivity contribution in [2.75, 3.05) is 52.1 Å². The number of nitrogens with zero attached hydrogens (tertiary/aromatic N) is 3. The smallest absolute Gasteiger partial charge is 0.219 e. The van der Waals surface area contributed by atoms with Gasteiger partial charge in [0.05, 0.1) is 6.54 Å². The SMILES string of the molecule is CCNC(=NCc1ccc(F)cc1CSC)NCCN1CCN(C(C)=O)CC1.I. The molecule has 0 bridgehead atoms. The molecule has 1 fully saturated rings. The molecule has 6 nitrogen and oxygen atoms in total. The zero-order valence-corrected chi connectivity index (χ0v) is 20.7. The number of carbonyl (C=O) groups is 1. The number of carbonyl (C=O) groups excluding carboxylic acids is 1. The third-order valence-electron chi connectivity index (χ3n) is 4.76. The number of amides is 1. The monoisotopic (exact) mass is 537 g/mol. The molecule has 1 aromatic carbocycles. The van der Waals surface area contributed by atoms with E-state index in [4.69, 9.17) is 0 Å². The molecule has 2 rings (SSSR count). The Hall–Kier alpha value is -1.07. The van der Waals surface area contributed by atoms with E-state index < -0.39 is 0 Å². The zero-order valence-electron chi connectivity index (χ0n) is 17.5. The van der Waals surface area contributed by atoms with Gasteiger partial charge in [-0.25, -0.2) is 9.38 Å². The van der Waals surface area contributed by atoms with Crippen LogP contribution in [-0.2, 0) is 17.1 Å². The van der Waals surface area contributed by atoms with Crippen molar-refractivity contribution in [2.45, 2.75) is 26.1 Å². The fourth-order valence-corrected chi connectivity index (χ4v) is 3.74. The summed E-state index contributed by atoms with van der Waals surface area (Å²) < 4.78 is 13.5. The lowest BCUT2D eigenvalue weighted by atomic mass is 10.1. The molecule has 29 heavy (non-hydrogen) atoms. The first-order valence-corrected chi connectivity index (χ1v) is 11.2. The summed E-state index contributed by atoms with van der Waals surface area (Å²) >= 11 is 1.68. The highest BCUT2D eigenvalue weighted by Crippen LogP contribution is 2.17. The summed E-state index contributed by atoms with van der Waals surface area (Å²) in [5.41, 5.74) is 2.05. The first-order valence-electron chi connectivity index (χ1n) is 9.79. The van der Waals surface area contributed by atoms with E-state index in [1.807, 2.05) is 24.1 Å². The van der Waals surface area contributed by atoms with Gasteiger partial charge in [-0.1, -0.05) is 6.07 Å². The van der Waals surface area contributed by atoms with Crippen LogP contribution in [0.5, 0.6) is 0 Å². The number of benzene rings is 1. The van der Waals surface area contributed by atoms with Gasteiger partial charge in [-0.05, 0) is 36.4 Å². The molecule has 9 heteroatoms. The van der Waals surface area contributed by atoms with E-state index in [0.717, 1.165) is 68.7 Å². The predicted octanol–water partition coefficient (Wildman–Crippen LogP) is 2.53. The van der Waals surface area contributed by atoms with Crippen LogP contribution in [0.15, 0.2) is 23.2 Å². The van der Waals surface area contributed by atoms with Crippen molar-refractivity contribution >= 4 is 47.6 Å². The van der Waals surface area contributed by atoms with Gasteiger partial charge in [-0.15, -0.1) is 24.0 Å². The third kappa shape index (κ3) is 9.08. The van der Waals surface area contributed by atoms with E-state index in [2.05, 4.69) is 20.5 Å². The van der Waals surface area contributed by atoms with Gasteiger partial charge >= 0.3 is 0 Å². The van der Waals surface area contributed by atoms with Gasteiger partial charge in [0.2, 0.25) is 5.91 Å². The Morgan fingerprint density at radius 2 is 1.93 bits per heavy atom. The Labute approximate surface area is 195 Å². The van der Waals surface area contributed by atoms with E-state index in [9.17, 15) is 9.18 Å². The molecule has 0 aromatic heterocycles. The van der Waals surface area contributed by atoms with Gasteiger partial charge in [0.1, 0.15) is 5.82 Å². The number of hydrogen-bond donors (Lipinski definition) is 2. The van der Waals surface area contributed by atoms with Crippen molar-refractivity contribution < 1.29 is 9.18 Å². The minimum Gasteiger partial charge on any atom is -0.357 e. The van der Waals surface area contributed by atoms with E-state index in [-0.39, 0.29) is 35.7 Å². The molecule has 1 saturated heterocycles. The van der Waals surface area contributed by atoms with Crippen molar-refractivity contribution in [3.63, 3.8) is 0 Å². The molecule has 0 spiro atoms. The maximum atomic E-state index is 13.5. The Balaban J connectivity index is 0.00000420. The standard InChI is InChI=1S/C20H32FN5OS.HI/c1-4-22-20(23-7-8-25-9-11-26(12-10-25)16(2)27)24-14-17-5-6-19(21)13-18(17)15-28-3;/h5-6,13H,4,7-12,14-15H2,1-3H3,(H2,22,23,24);1H. The van der Waals surface area contributed by atoms with Gasteiger partial charge in [0.25, 0.3) is 0 Å². The number of hydrogen-bond acceptors (Lipinski definition) is 4. The van der Waals surface area contributed by atoms with Crippen LogP contribution in [0.2, 0.25) is 0 Å². The summed E-state index contributed by atoms with van der Waals surface area (Å²) in [5.74, 6) is 1.50. The highest BCUT2D eigenvalue weighted by Gasteiger charge is 2.17. The van der Waals surface area contributed by atoms with Gasteiger partial charge in [0.15, 0.2) is 5.96 Å². The molecule has 0 radical (unpaired) electrons. The third-order valence-corrected chi connectivity index (χ3v) is 5.36. The Morgan fingerprint density at radius 3 is 2.55 bits per heavy atom. The normalized spacial score (nSPS) is 15.0. The van der Waals surface area contributed by atoms with Crippen LogP contribution in [0.3, 0.4) is 0 Å². The van der Waals surface area contributed by atoms with Crippen molar-refractivity contribution in [1.82, 2.24) is 20.4 Å². The second-order valence-electron chi connectivity index (χ2n) is 6.82. The highest BCUT2D eigenvalue weighted by atomic mass is 127. The van der Waals surface area contributed by atoms with Gasteiger partial charge in [-0.2, -0.15) is 11.8 Å². The quantitative estimate of drug-likeness (QED) is 0.303. The average Bonchev–Trinajstić information content (AvgIpc) is 2.68. The summed E-state index contributed by atoms with van der Waals surface area (Å²) in [6, 6.07) is 4.92. The van der Waals surface area contributed by atoms with Crippen molar-refractivity contribution in [2.24, 2.45) is 4.99 Å². The van der Waals surface area contributed by atoms with Crippen LogP contribution in [0.25, 0.3) is 0 Å². The molecule has 0 atom stereocenters. The summed E-state index contributed by atoms with van der Waals surface area (Å²) in [4.78, 5) is 20.3. The highest BCUT2D eigenvalue weighted by molar-refractivity contribution is 14.0. The van der Waals surface area contributed by atoms with Crippen molar-refractivity contribution in [3.05, 3.63) is 35.1 Å². The fraction of sp³-hybridized carbons (Fsp3) is 0.600. The minimum absolute atomic E-state index is 0. The Morgan fingerprint density at radius 1 is 1.21 bits per heavy atom. The Kier molecular flexibility index (Phi) is 12.6. The number of halogens is 2. The van der Waals surface area contributed by atoms with Gasteiger partial charge < -0.3 is 15.5 Å². The maximum Gasteiger partial charge on any atom is 0.219 e. The fourth-order valence-electron chi connectivity index (χ4n) is 3.16. The molecule has 1 aliphatic heterocycles. The summed E-state index contributed by atoms with van der Waals surface area (Å²) in [6.45, 7) is 10.1. The molecule has 2 N–H and O–H groups in total. The van der Waals surface area contributed by atoms with Crippen molar-refractivity contribution in [1.29, 1.82) is 0 Å². The average molecular weight is 537 g/mol. The lowest BCUT2D eigenvalue weighted by molar-refractivity contribution is -0.130. The van der Waals surface area contributed by atoms with Gasteiger partial charge in [-0.3, -0.25) is 9.69 Å². The largest absolute Gasteiger partial charge is 0.357 e. The van der Waals surface area contributed by atoms with E-state index in [0.29, 0.717) is 6.54 Å². The number of rotatable bonds is 8. The van der Waals surface area contributed by atoms with E-state index in [1.54, 1.807) is 24.8 Å². The summed E-state index contributed by atoms with van der Waals surface area (Å²) in [6.07, 6.45) is 2.01. The Bertz CT molecular complexity index is 668. The first kappa shape index (κ1) is 26.0. The number of piperazine rings is 1. The number of aliphatic imine (C=N–C) groups is 1. The molecule has 1 heterocycles. The molecule has 0 saturated carbocycles. The number of thioether (sulfide) groups is 1. The topological polar surface area (TPSA) is 60.0 Å². The maximum absolute atomic E-state index is 13.5. The number of nitrogens with one attached hydrogen (secondary N) is 2. The predicted molar refractivity (Wildman–Crippen MR) is 131 cm³/mol. The zero-order chi connectivity index (χ0) is 20.4. The molecular weight excluding hydrogens is 504 g/mol. The molecule has 0 aliphatic carbocycles. The lowest BCUT2D eigenvalue weighted by Gasteiger charge is -2.34. The van der Waals surface area contributed by atoms with E-state index >= 15 is 0 Å². The van der Waals surface area contributed by atoms with Crippen LogP contribution >= 0.6 is 35.7 Å². The molecule has 0 unspecified atom stereocenters. The van der Waals surface area contributed by atoms with Crippen molar-refractivity contribution in [3.8, 4) is 0 Å². The van der Waals surface area contributed by atoms with Crippen LogP contribution < -0.4 is 10.6 Å². The second-order valence-corrected chi connectivity index (χ2v) is 7.68. The first-order chi connectivity index (χ1) is 13.5. The van der Waals surface area contributed by atoms with Crippen LogP contribution in [-0.4, -0.2) is 73.7 Å².